The Labute approximate surface area is 191 Å². The van der Waals surface area contributed by atoms with Crippen LogP contribution in [0.15, 0.2) is 0 Å². The highest BCUT2D eigenvalue weighted by atomic mass is 79.9. The fraction of sp³-hybridized carbons (Fsp3) is 0.962. The topological polar surface area (TPSA) is 43.1 Å². The van der Waals surface area contributed by atoms with Crippen LogP contribution in [0.2, 0.25) is 0 Å². The molecule has 4 fully saturated rings. The Morgan fingerprint density at radius 3 is 1.79 bits per heavy atom. The van der Waals surface area contributed by atoms with Gasteiger partial charge >= 0.3 is 0 Å². The third-order valence-electron chi connectivity index (χ3n) is 8.52. The van der Waals surface area contributed by atoms with Gasteiger partial charge < -0.3 is 5.73 Å². The standard InChI is InChI=1S/C26H47NO.BrH/c1-4-5-6-7-8-9-10-11-12-23(25(2,3)27)16-24(28)26-17-20-13-21(18-26)15-22(14-20)19-26;/h20-23H,4-19,27H2,1-3H3;1H. The van der Waals surface area contributed by atoms with E-state index in [4.69, 9.17) is 5.73 Å². The summed E-state index contributed by atoms with van der Waals surface area (Å²) in [6.45, 7) is 6.57. The summed E-state index contributed by atoms with van der Waals surface area (Å²) in [7, 11) is 0. The molecule has 0 aromatic carbocycles. The molecule has 0 aliphatic heterocycles. The van der Waals surface area contributed by atoms with Crippen molar-refractivity contribution in [1.82, 2.24) is 0 Å². The van der Waals surface area contributed by atoms with E-state index >= 15 is 0 Å². The van der Waals surface area contributed by atoms with Crippen LogP contribution in [0.3, 0.4) is 0 Å². The molecular weight excluding hydrogens is 422 g/mol. The van der Waals surface area contributed by atoms with Crippen LogP contribution in [0, 0.1) is 29.1 Å². The van der Waals surface area contributed by atoms with Crippen LogP contribution in [0.1, 0.15) is 124 Å². The van der Waals surface area contributed by atoms with Crippen LogP contribution in [0.5, 0.6) is 0 Å². The van der Waals surface area contributed by atoms with E-state index in [-0.39, 0.29) is 27.9 Å². The minimum Gasteiger partial charge on any atom is -0.325 e. The average Bonchev–Trinajstić information content (AvgIpc) is 2.60. The van der Waals surface area contributed by atoms with Crippen LogP contribution in [-0.2, 0) is 4.79 Å². The Balaban J connectivity index is 0.00000300. The highest BCUT2D eigenvalue weighted by Gasteiger charge is 2.54. The Morgan fingerprint density at radius 1 is 0.897 bits per heavy atom. The first-order valence-corrected chi connectivity index (χ1v) is 12.6. The summed E-state index contributed by atoms with van der Waals surface area (Å²) in [5, 5.41) is 0. The van der Waals surface area contributed by atoms with Crippen LogP contribution < -0.4 is 5.73 Å². The van der Waals surface area contributed by atoms with E-state index in [0.29, 0.717) is 11.7 Å². The van der Waals surface area contributed by atoms with E-state index < -0.39 is 0 Å². The summed E-state index contributed by atoms with van der Waals surface area (Å²) in [4.78, 5) is 13.5. The number of unbranched alkanes of at least 4 members (excludes halogenated alkanes) is 7. The predicted molar refractivity (Wildman–Crippen MR) is 130 cm³/mol. The number of hydrogen-bond acceptors (Lipinski definition) is 2. The van der Waals surface area contributed by atoms with Gasteiger partial charge in [-0.25, -0.2) is 0 Å². The molecular formula is C26H48BrNO. The van der Waals surface area contributed by atoms with Gasteiger partial charge in [0.05, 0.1) is 0 Å². The number of hydrogen-bond donors (Lipinski definition) is 1. The highest BCUT2D eigenvalue weighted by molar-refractivity contribution is 8.93. The summed E-state index contributed by atoms with van der Waals surface area (Å²) in [6, 6.07) is 0. The van der Waals surface area contributed by atoms with Crippen molar-refractivity contribution in [3.8, 4) is 0 Å². The van der Waals surface area contributed by atoms with Crippen molar-refractivity contribution in [2.45, 2.75) is 129 Å². The van der Waals surface area contributed by atoms with E-state index in [1.807, 2.05) is 0 Å². The Hall–Kier alpha value is 0.110. The molecule has 1 atom stereocenters. The molecule has 170 valence electrons. The molecule has 1 unspecified atom stereocenters. The lowest BCUT2D eigenvalue weighted by molar-refractivity contribution is -0.145. The van der Waals surface area contributed by atoms with Gasteiger partial charge in [-0.05, 0) is 82.5 Å². The zero-order valence-electron chi connectivity index (χ0n) is 19.5. The molecule has 4 aliphatic rings. The molecule has 4 rings (SSSR count). The maximum absolute atomic E-state index is 13.5. The molecule has 29 heavy (non-hydrogen) atoms. The van der Waals surface area contributed by atoms with Gasteiger partial charge in [0.15, 0.2) is 0 Å². The van der Waals surface area contributed by atoms with Gasteiger partial charge in [-0.15, -0.1) is 17.0 Å². The maximum atomic E-state index is 13.5. The molecule has 0 aromatic rings. The van der Waals surface area contributed by atoms with Gasteiger partial charge in [0.2, 0.25) is 0 Å². The van der Waals surface area contributed by atoms with Gasteiger partial charge in [0.25, 0.3) is 0 Å². The first-order valence-electron chi connectivity index (χ1n) is 12.6. The lowest BCUT2D eigenvalue weighted by Gasteiger charge is -2.56. The molecule has 4 bridgehead atoms. The third kappa shape index (κ3) is 6.79. The zero-order valence-corrected chi connectivity index (χ0v) is 21.2. The number of rotatable bonds is 13. The van der Waals surface area contributed by atoms with E-state index in [1.54, 1.807) is 0 Å². The number of Topliss-reactive ketones (excluding diaryl/α,β-unsaturated/α-hetero) is 1. The molecule has 0 spiro atoms. The molecule has 2 N–H and O–H groups in total. The van der Waals surface area contributed by atoms with Gasteiger partial charge in [0.1, 0.15) is 5.78 Å². The molecule has 2 nitrogen and oxygen atoms in total. The van der Waals surface area contributed by atoms with Crippen molar-refractivity contribution in [2.24, 2.45) is 34.8 Å². The smallest absolute Gasteiger partial charge is 0.139 e. The van der Waals surface area contributed by atoms with Crippen LogP contribution in [0.25, 0.3) is 0 Å². The maximum Gasteiger partial charge on any atom is 0.139 e. The monoisotopic (exact) mass is 469 g/mol. The molecule has 0 heterocycles. The predicted octanol–water partition coefficient (Wildman–Crippen LogP) is 7.62. The Kier molecular flexibility index (Phi) is 9.73. The summed E-state index contributed by atoms with van der Waals surface area (Å²) in [5.74, 6) is 3.51. The van der Waals surface area contributed by atoms with Gasteiger partial charge in [0, 0.05) is 17.4 Å². The summed E-state index contributed by atoms with van der Waals surface area (Å²) >= 11 is 0. The van der Waals surface area contributed by atoms with E-state index in [9.17, 15) is 4.79 Å². The largest absolute Gasteiger partial charge is 0.325 e. The quantitative estimate of drug-likeness (QED) is 0.281. The first kappa shape index (κ1) is 25.4. The minimum absolute atomic E-state index is 0. The third-order valence-corrected chi connectivity index (χ3v) is 8.52. The summed E-state index contributed by atoms with van der Waals surface area (Å²) in [6.07, 6.45) is 20.5. The SMILES string of the molecule is Br.CCCCCCCCCCC(CC(=O)C12CC3CC(CC(C3)C1)C2)C(C)(C)N. The second kappa shape index (κ2) is 11.1. The van der Waals surface area contributed by atoms with Crippen molar-refractivity contribution in [2.75, 3.05) is 0 Å². The van der Waals surface area contributed by atoms with Crippen molar-refractivity contribution < 1.29 is 4.79 Å². The number of ketones is 1. The van der Waals surface area contributed by atoms with Crippen molar-refractivity contribution in [1.29, 1.82) is 0 Å². The average molecular weight is 471 g/mol. The minimum atomic E-state index is -0.237. The summed E-state index contributed by atoms with van der Waals surface area (Å²) < 4.78 is 0. The van der Waals surface area contributed by atoms with Crippen LogP contribution in [0.4, 0.5) is 0 Å². The molecule has 0 radical (unpaired) electrons. The lowest BCUT2D eigenvalue weighted by atomic mass is 9.48. The normalized spacial score (nSPS) is 31.5. The second-order valence-electron chi connectivity index (χ2n) is 11.6. The first-order chi connectivity index (χ1) is 13.3. The molecule has 3 heteroatoms. The molecule has 4 aliphatic carbocycles. The highest BCUT2D eigenvalue weighted by Crippen LogP contribution is 2.60. The zero-order chi connectivity index (χ0) is 20.2. The van der Waals surface area contributed by atoms with Crippen molar-refractivity contribution in [3.05, 3.63) is 0 Å². The van der Waals surface area contributed by atoms with Gasteiger partial charge in [-0.3, -0.25) is 4.79 Å². The van der Waals surface area contributed by atoms with Crippen molar-refractivity contribution in [3.63, 3.8) is 0 Å². The molecule has 0 aromatic heterocycles. The van der Waals surface area contributed by atoms with E-state index in [2.05, 4.69) is 20.8 Å². The van der Waals surface area contributed by atoms with E-state index in [1.165, 1.54) is 89.9 Å². The summed E-state index contributed by atoms with van der Waals surface area (Å²) in [5.41, 5.74) is 6.38. The fourth-order valence-electron chi connectivity index (χ4n) is 7.15. The number of carbonyl (C=O) groups is 1. The second-order valence-corrected chi connectivity index (χ2v) is 11.6. The Morgan fingerprint density at radius 2 is 1.34 bits per heavy atom. The number of nitrogens with two attached hydrogens (primary N) is 1. The van der Waals surface area contributed by atoms with Gasteiger partial charge in [-0.2, -0.15) is 0 Å². The molecule has 0 saturated heterocycles. The van der Waals surface area contributed by atoms with E-state index in [0.717, 1.165) is 30.6 Å². The van der Waals surface area contributed by atoms with Crippen LogP contribution >= 0.6 is 17.0 Å². The van der Waals surface area contributed by atoms with Crippen LogP contribution in [-0.4, -0.2) is 11.3 Å². The molecule has 0 amide bonds. The van der Waals surface area contributed by atoms with Gasteiger partial charge in [-0.1, -0.05) is 58.3 Å². The number of halogens is 1. The lowest BCUT2D eigenvalue weighted by Crippen LogP contribution is -2.51. The Bertz CT molecular complexity index is 474. The molecule has 4 saturated carbocycles. The van der Waals surface area contributed by atoms with Crippen molar-refractivity contribution >= 4 is 22.8 Å². The fourth-order valence-corrected chi connectivity index (χ4v) is 7.15. The number of carbonyl (C=O) groups excluding carboxylic acids is 1.